The summed E-state index contributed by atoms with van der Waals surface area (Å²) >= 11 is 1.61. The first-order valence-corrected chi connectivity index (χ1v) is 7.73. The van der Waals surface area contributed by atoms with Crippen LogP contribution in [-0.4, -0.2) is 16.8 Å². The molecular formula is C14H12O2S2. The van der Waals surface area contributed by atoms with Crippen molar-refractivity contribution < 1.29 is 9.00 Å². The minimum Gasteiger partial charge on any atom is -0.298 e. The van der Waals surface area contributed by atoms with E-state index in [1.54, 1.807) is 30.2 Å². The molecule has 2 aromatic rings. The maximum Gasteiger partial charge on any atom is 0.150 e. The van der Waals surface area contributed by atoms with Gasteiger partial charge in [-0.2, -0.15) is 0 Å². The van der Waals surface area contributed by atoms with Gasteiger partial charge in [0, 0.05) is 37.3 Å². The van der Waals surface area contributed by atoms with E-state index >= 15 is 0 Å². The van der Waals surface area contributed by atoms with E-state index in [1.165, 1.54) is 0 Å². The Bertz CT molecular complexity index is 559. The van der Waals surface area contributed by atoms with Gasteiger partial charge in [0.25, 0.3) is 0 Å². The normalized spacial score (nSPS) is 12.1. The van der Waals surface area contributed by atoms with Gasteiger partial charge in [0.1, 0.15) is 6.29 Å². The summed E-state index contributed by atoms with van der Waals surface area (Å²) in [5.41, 5.74) is 0.677. The molecule has 2 nitrogen and oxygen atoms in total. The van der Waals surface area contributed by atoms with Crippen molar-refractivity contribution in [3.05, 3.63) is 54.1 Å². The molecule has 0 heterocycles. The molecule has 0 saturated heterocycles. The Morgan fingerprint density at radius 3 is 1.89 bits per heavy atom. The third-order valence-electron chi connectivity index (χ3n) is 2.41. The zero-order chi connectivity index (χ0) is 13.0. The summed E-state index contributed by atoms with van der Waals surface area (Å²) in [4.78, 5) is 13.5. The molecule has 0 radical (unpaired) electrons. The van der Waals surface area contributed by atoms with Crippen LogP contribution in [0.2, 0.25) is 0 Å². The van der Waals surface area contributed by atoms with Gasteiger partial charge >= 0.3 is 0 Å². The summed E-state index contributed by atoms with van der Waals surface area (Å²) < 4.78 is 11.3. The van der Waals surface area contributed by atoms with Crippen molar-refractivity contribution in [2.75, 3.05) is 6.26 Å². The van der Waals surface area contributed by atoms with E-state index in [-0.39, 0.29) is 0 Å². The quantitative estimate of drug-likeness (QED) is 0.803. The minimum absolute atomic E-state index is 0.677. The Kier molecular flexibility index (Phi) is 4.33. The number of hydrogen-bond acceptors (Lipinski definition) is 3. The molecule has 4 heteroatoms. The highest BCUT2D eigenvalue weighted by Gasteiger charge is 2.00. The molecule has 0 aliphatic carbocycles. The van der Waals surface area contributed by atoms with Crippen molar-refractivity contribution in [1.82, 2.24) is 0 Å². The molecule has 92 valence electrons. The fourth-order valence-corrected chi connectivity index (χ4v) is 2.79. The first-order chi connectivity index (χ1) is 8.69. The molecule has 2 aromatic carbocycles. The number of carbonyl (C=O) groups excluding carboxylic acids is 1. The summed E-state index contributed by atoms with van der Waals surface area (Å²) in [5.74, 6) is 0. The van der Waals surface area contributed by atoms with E-state index in [0.29, 0.717) is 5.56 Å². The lowest BCUT2D eigenvalue weighted by Crippen LogP contribution is -1.86. The van der Waals surface area contributed by atoms with E-state index in [1.807, 2.05) is 36.4 Å². The van der Waals surface area contributed by atoms with Gasteiger partial charge in [-0.25, -0.2) is 0 Å². The lowest BCUT2D eigenvalue weighted by atomic mass is 10.2. The zero-order valence-corrected chi connectivity index (χ0v) is 11.5. The number of hydrogen-bond donors (Lipinski definition) is 0. The van der Waals surface area contributed by atoms with Crippen LogP contribution in [0, 0.1) is 0 Å². The SMILES string of the molecule is CS(=O)c1ccc(Sc2ccc(C=O)cc2)cc1. The Morgan fingerprint density at radius 2 is 1.44 bits per heavy atom. The van der Waals surface area contributed by atoms with Gasteiger partial charge < -0.3 is 0 Å². The fraction of sp³-hybridized carbons (Fsp3) is 0.0714. The van der Waals surface area contributed by atoms with Gasteiger partial charge in [0.2, 0.25) is 0 Å². The average molecular weight is 276 g/mol. The van der Waals surface area contributed by atoms with Crippen LogP contribution in [0.25, 0.3) is 0 Å². The second-order valence-corrected chi connectivity index (χ2v) is 6.24. The maximum atomic E-state index is 11.3. The van der Waals surface area contributed by atoms with Crippen LogP contribution in [-0.2, 0) is 10.8 Å². The van der Waals surface area contributed by atoms with Crippen molar-refractivity contribution in [2.24, 2.45) is 0 Å². The molecule has 2 rings (SSSR count). The van der Waals surface area contributed by atoms with Gasteiger partial charge in [-0.05, 0) is 36.4 Å². The molecule has 0 spiro atoms. The van der Waals surface area contributed by atoms with Crippen LogP contribution in [0.4, 0.5) is 0 Å². The molecule has 0 N–H and O–H groups in total. The summed E-state index contributed by atoms with van der Waals surface area (Å²) in [6.45, 7) is 0. The topological polar surface area (TPSA) is 34.1 Å². The summed E-state index contributed by atoms with van der Waals surface area (Å²) in [7, 11) is -0.936. The van der Waals surface area contributed by atoms with Crippen molar-refractivity contribution in [1.29, 1.82) is 0 Å². The molecule has 0 fully saturated rings. The van der Waals surface area contributed by atoms with Crippen molar-refractivity contribution in [3.8, 4) is 0 Å². The third kappa shape index (κ3) is 3.31. The van der Waals surface area contributed by atoms with Gasteiger partial charge in [0.05, 0.1) is 0 Å². The first kappa shape index (κ1) is 13.1. The van der Waals surface area contributed by atoms with E-state index in [2.05, 4.69) is 0 Å². The largest absolute Gasteiger partial charge is 0.298 e. The number of carbonyl (C=O) groups is 1. The van der Waals surface area contributed by atoms with E-state index < -0.39 is 10.8 Å². The molecule has 0 saturated carbocycles. The molecule has 18 heavy (non-hydrogen) atoms. The minimum atomic E-state index is -0.936. The van der Waals surface area contributed by atoms with Crippen LogP contribution in [0.5, 0.6) is 0 Å². The summed E-state index contributed by atoms with van der Waals surface area (Å²) in [6.07, 6.45) is 2.50. The smallest absolute Gasteiger partial charge is 0.150 e. The van der Waals surface area contributed by atoms with Crippen LogP contribution in [0.1, 0.15) is 10.4 Å². The van der Waals surface area contributed by atoms with Crippen LogP contribution < -0.4 is 0 Å². The van der Waals surface area contributed by atoms with Crippen LogP contribution in [0.3, 0.4) is 0 Å². The highest BCUT2D eigenvalue weighted by Crippen LogP contribution is 2.28. The Labute approximate surface area is 113 Å². The molecule has 1 atom stereocenters. The van der Waals surface area contributed by atoms with Gasteiger partial charge in [0.15, 0.2) is 0 Å². The number of rotatable bonds is 4. The molecule has 0 bridgehead atoms. The number of benzene rings is 2. The predicted octanol–water partition coefficient (Wildman–Crippen LogP) is 3.39. The molecule has 0 aromatic heterocycles. The van der Waals surface area contributed by atoms with Gasteiger partial charge in [-0.3, -0.25) is 9.00 Å². The van der Waals surface area contributed by atoms with Crippen LogP contribution in [0.15, 0.2) is 63.2 Å². The first-order valence-electron chi connectivity index (χ1n) is 5.35. The highest BCUT2D eigenvalue weighted by molar-refractivity contribution is 7.99. The second kappa shape index (κ2) is 5.98. The lowest BCUT2D eigenvalue weighted by Gasteiger charge is -2.03. The van der Waals surface area contributed by atoms with Crippen molar-refractivity contribution >= 4 is 28.8 Å². The van der Waals surface area contributed by atoms with Crippen molar-refractivity contribution in [2.45, 2.75) is 14.7 Å². The standard InChI is InChI=1S/C14H12O2S2/c1-18(16)14-8-6-13(7-9-14)17-12-4-2-11(10-15)3-5-12/h2-10H,1H3. The summed E-state index contributed by atoms with van der Waals surface area (Å²) in [5, 5.41) is 0. The monoisotopic (exact) mass is 276 g/mol. The molecular weight excluding hydrogens is 264 g/mol. The predicted molar refractivity (Wildman–Crippen MR) is 74.7 cm³/mol. The van der Waals surface area contributed by atoms with Gasteiger partial charge in [-0.15, -0.1) is 0 Å². The Hall–Kier alpha value is -1.39. The lowest BCUT2D eigenvalue weighted by molar-refractivity contribution is 0.112. The average Bonchev–Trinajstić information content (AvgIpc) is 2.40. The second-order valence-electron chi connectivity index (χ2n) is 3.71. The van der Waals surface area contributed by atoms with E-state index in [4.69, 9.17) is 0 Å². The fourth-order valence-electron chi connectivity index (χ4n) is 1.45. The Morgan fingerprint density at radius 1 is 0.944 bits per heavy atom. The highest BCUT2D eigenvalue weighted by atomic mass is 32.2. The van der Waals surface area contributed by atoms with Gasteiger partial charge in [-0.1, -0.05) is 23.9 Å². The molecule has 0 amide bonds. The third-order valence-corrected chi connectivity index (χ3v) is 4.36. The molecule has 1 unspecified atom stereocenters. The molecule has 0 aliphatic rings. The van der Waals surface area contributed by atoms with Crippen LogP contribution >= 0.6 is 11.8 Å². The summed E-state index contributed by atoms with van der Waals surface area (Å²) in [6, 6.07) is 15.1. The van der Waals surface area contributed by atoms with E-state index in [9.17, 15) is 9.00 Å². The zero-order valence-electron chi connectivity index (χ0n) is 9.83. The maximum absolute atomic E-state index is 11.3. The van der Waals surface area contributed by atoms with Crippen molar-refractivity contribution in [3.63, 3.8) is 0 Å². The van der Waals surface area contributed by atoms with E-state index in [0.717, 1.165) is 21.0 Å². The Balaban J connectivity index is 2.12. The number of aldehydes is 1. The molecule has 0 aliphatic heterocycles.